The van der Waals surface area contributed by atoms with Crippen molar-refractivity contribution in [2.75, 3.05) is 5.32 Å². The van der Waals surface area contributed by atoms with Gasteiger partial charge in [-0.15, -0.1) is 0 Å². The lowest BCUT2D eigenvalue weighted by Gasteiger charge is -2.14. The van der Waals surface area contributed by atoms with Crippen LogP contribution in [-0.2, 0) is 9.53 Å². The van der Waals surface area contributed by atoms with Crippen molar-refractivity contribution < 1.29 is 27.5 Å². The number of benzene rings is 2. The van der Waals surface area contributed by atoms with Gasteiger partial charge in [-0.05, 0) is 31.2 Å². The Morgan fingerprint density at radius 3 is 2.26 bits per heavy atom. The first kappa shape index (κ1) is 16.5. The molecule has 4 nitrogen and oxygen atoms in total. The molecule has 0 unspecified atom stereocenters. The third-order valence-corrected chi connectivity index (χ3v) is 2.88. The maximum atomic E-state index is 13.4. The van der Waals surface area contributed by atoms with E-state index in [4.69, 9.17) is 4.74 Å². The minimum atomic E-state index is -1.28. The number of hydrogen-bond donors (Lipinski definition) is 1. The molecule has 2 rings (SSSR count). The quantitative estimate of drug-likeness (QED) is 0.879. The number of rotatable bonds is 4. The van der Waals surface area contributed by atoms with Crippen LogP contribution in [0.3, 0.4) is 0 Å². The Kier molecular flexibility index (Phi) is 5.00. The Balaban J connectivity index is 2.03. The third kappa shape index (κ3) is 4.32. The van der Waals surface area contributed by atoms with Crippen LogP contribution in [0.2, 0.25) is 0 Å². The van der Waals surface area contributed by atoms with Gasteiger partial charge >= 0.3 is 5.97 Å². The zero-order valence-corrected chi connectivity index (χ0v) is 12.0. The second-order valence-corrected chi connectivity index (χ2v) is 4.67. The highest BCUT2D eigenvalue weighted by atomic mass is 19.1. The normalized spacial score (nSPS) is 11.7. The summed E-state index contributed by atoms with van der Waals surface area (Å²) in [5.74, 6) is -4.38. The van der Waals surface area contributed by atoms with Crippen molar-refractivity contribution in [3.8, 4) is 0 Å². The highest BCUT2D eigenvalue weighted by Crippen LogP contribution is 2.14. The number of esters is 1. The van der Waals surface area contributed by atoms with Crippen molar-refractivity contribution >= 4 is 17.6 Å². The number of nitrogens with one attached hydrogen (secondary N) is 1. The van der Waals surface area contributed by atoms with Gasteiger partial charge in [-0.2, -0.15) is 0 Å². The molecule has 1 amide bonds. The van der Waals surface area contributed by atoms with Crippen molar-refractivity contribution in [3.05, 3.63) is 65.5 Å². The van der Waals surface area contributed by atoms with E-state index in [9.17, 15) is 22.8 Å². The lowest BCUT2D eigenvalue weighted by molar-refractivity contribution is -0.123. The second kappa shape index (κ2) is 6.95. The van der Waals surface area contributed by atoms with Crippen LogP contribution in [0.15, 0.2) is 42.5 Å². The number of anilines is 1. The number of para-hydroxylation sites is 1. The molecule has 0 radical (unpaired) electrons. The molecule has 0 aliphatic heterocycles. The average Bonchev–Trinajstić information content (AvgIpc) is 2.48. The van der Waals surface area contributed by atoms with E-state index in [1.807, 2.05) is 0 Å². The summed E-state index contributed by atoms with van der Waals surface area (Å²) in [6.07, 6.45) is -1.28. The predicted octanol–water partition coefficient (Wildman–Crippen LogP) is 3.29. The van der Waals surface area contributed by atoms with Crippen molar-refractivity contribution in [3.63, 3.8) is 0 Å². The van der Waals surface area contributed by atoms with Crippen molar-refractivity contribution in [2.24, 2.45) is 0 Å². The smallest absolute Gasteiger partial charge is 0.339 e. The maximum absolute atomic E-state index is 13.4. The molecule has 120 valence electrons. The van der Waals surface area contributed by atoms with Gasteiger partial charge in [0.1, 0.15) is 17.5 Å². The van der Waals surface area contributed by atoms with Gasteiger partial charge in [0, 0.05) is 6.07 Å². The maximum Gasteiger partial charge on any atom is 0.339 e. The van der Waals surface area contributed by atoms with Crippen molar-refractivity contribution in [1.29, 1.82) is 0 Å². The minimum Gasteiger partial charge on any atom is -0.449 e. The Morgan fingerprint density at radius 2 is 1.65 bits per heavy atom. The molecule has 1 atom stereocenters. The number of ether oxygens (including phenoxy) is 1. The molecule has 0 saturated heterocycles. The molecule has 0 aliphatic rings. The van der Waals surface area contributed by atoms with Gasteiger partial charge in [-0.25, -0.2) is 18.0 Å². The van der Waals surface area contributed by atoms with E-state index < -0.39 is 35.4 Å². The standard InChI is InChI=1S/C16H12F3NO3/c1-9(15(21)20-14-5-3-2-4-13(14)19)23-16(22)10-6-11(17)8-12(18)7-10/h2-9H,1H3,(H,20,21)/t9-/m1/s1. The van der Waals surface area contributed by atoms with Crippen LogP contribution >= 0.6 is 0 Å². The summed E-state index contributed by atoms with van der Waals surface area (Å²) in [4.78, 5) is 23.6. The number of carbonyl (C=O) groups excluding carboxylic acids is 2. The largest absolute Gasteiger partial charge is 0.449 e. The number of hydrogen-bond acceptors (Lipinski definition) is 3. The fourth-order valence-electron chi connectivity index (χ4n) is 1.75. The van der Waals surface area contributed by atoms with Gasteiger partial charge in [0.25, 0.3) is 5.91 Å². The van der Waals surface area contributed by atoms with E-state index in [-0.39, 0.29) is 11.3 Å². The summed E-state index contributed by atoms with van der Waals surface area (Å²) in [6, 6.07) is 7.63. The zero-order valence-electron chi connectivity index (χ0n) is 12.0. The van der Waals surface area contributed by atoms with Crippen LogP contribution < -0.4 is 5.32 Å². The molecular formula is C16H12F3NO3. The molecule has 0 bridgehead atoms. The molecule has 7 heteroatoms. The summed E-state index contributed by atoms with van der Waals surface area (Å²) < 4.78 is 44.3. The summed E-state index contributed by atoms with van der Waals surface area (Å²) in [6.45, 7) is 1.25. The van der Waals surface area contributed by atoms with E-state index in [1.165, 1.54) is 25.1 Å². The fraction of sp³-hybridized carbons (Fsp3) is 0.125. The molecule has 2 aromatic rings. The van der Waals surface area contributed by atoms with Crippen LogP contribution in [-0.4, -0.2) is 18.0 Å². The van der Waals surface area contributed by atoms with Gasteiger partial charge in [0.15, 0.2) is 6.10 Å². The Bertz CT molecular complexity index is 729. The van der Waals surface area contributed by atoms with Crippen LogP contribution in [0.4, 0.5) is 18.9 Å². The molecule has 0 saturated carbocycles. The van der Waals surface area contributed by atoms with E-state index in [0.29, 0.717) is 6.07 Å². The highest BCUT2D eigenvalue weighted by molar-refractivity contribution is 5.97. The molecule has 0 heterocycles. The van der Waals surface area contributed by atoms with Crippen molar-refractivity contribution in [1.82, 2.24) is 0 Å². The zero-order chi connectivity index (χ0) is 17.0. The summed E-state index contributed by atoms with van der Waals surface area (Å²) >= 11 is 0. The lowest BCUT2D eigenvalue weighted by Crippen LogP contribution is -2.30. The molecular weight excluding hydrogens is 311 g/mol. The predicted molar refractivity (Wildman–Crippen MR) is 76.3 cm³/mol. The number of halogens is 3. The number of carbonyl (C=O) groups is 2. The Labute approximate surface area is 129 Å². The molecule has 1 N–H and O–H groups in total. The second-order valence-electron chi connectivity index (χ2n) is 4.67. The molecule has 2 aromatic carbocycles. The minimum absolute atomic E-state index is 0.0720. The van der Waals surface area contributed by atoms with E-state index in [0.717, 1.165) is 18.2 Å². The van der Waals surface area contributed by atoms with Crippen molar-refractivity contribution in [2.45, 2.75) is 13.0 Å². The van der Waals surface area contributed by atoms with Crippen LogP contribution in [0.5, 0.6) is 0 Å². The molecule has 0 spiro atoms. The van der Waals surface area contributed by atoms with Crippen LogP contribution in [0.1, 0.15) is 17.3 Å². The first-order valence-corrected chi connectivity index (χ1v) is 6.59. The molecule has 0 fully saturated rings. The SMILES string of the molecule is C[C@@H](OC(=O)c1cc(F)cc(F)c1)C(=O)Nc1ccccc1F. The van der Waals surface area contributed by atoms with Gasteiger partial charge in [0.05, 0.1) is 11.3 Å². The van der Waals surface area contributed by atoms with Crippen LogP contribution in [0.25, 0.3) is 0 Å². The topological polar surface area (TPSA) is 55.4 Å². The van der Waals surface area contributed by atoms with E-state index >= 15 is 0 Å². The monoisotopic (exact) mass is 323 g/mol. The molecule has 0 aliphatic carbocycles. The van der Waals surface area contributed by atoms with E-state index in [1.54, 1.807) is 0 Å². The lowest BCUT2D eigenvalue weighted by atomic mass is 10.2. The summed E-state index contributed by atoms with van der Waals surface area (Å²) in [5, 5.41) is 2.25. The summed E-state index contributed by atoms with van der Waals surface area (Å²) in [5.41, 5.74) is -0.440. The average molecular weight is 323 g/mol. The third-order valence-electron chi connectivity index (χ3n) is 2.88. The van der Waals surface area contributed by atoms with Gasteiger partial charge in [-0.1, -0.05) is 12.1 Å². The first-order chi connectivity index (χ1) is 10.9. The summed E-state index contributed by atoms with van der Waals surface area (Å²) in [7, 11) is 0. The Hall–Kier alpha value is -2.83. The Morgan fingerprint density at radius 1 is 1.04 bits per heavy atom. The van der Waals surface area contributed by atoms with Gasteiger partial charge in [0.2, 0.25) is 0 Å². The first-order valence-electron chi connectivity index (χ1n) is 6.59. The number of amides is 1. The van der Waals surface area contributed by atoms with Crippen LogP contribution in [0, 0.1) is 17.5 Å². The molecule has 23 heavy (non-hydrogen) atoms. The van der Waals surface area contributed by atoms with Gasteiger partial charge < -0.3 is 10.1 Å². The van der Waals surface area contributed by atoms with Gasteiger partial charge in [-0.3, -0.25) is 4.79 Å². The van der Waals surface area contributed by atoms with E-state index in [2.05, 4.69) is 5.32 Å². The fourth-order valence-corrected chi connectivity index (χ4v) is 1.75. The highest BCUT2D eigenvalue weighted by Gasteiger charge is 2.20. The molecule has 0 aromatic heterocycles.